The lowest BCUT2D eigenvalue weighted by atomic mass is 10.1. The Bertz CT molecular complexity index is 657. The molecular formula is C16H17F3N2O2S. The van der Waals surface area contributed by atoms with Gasteiger partial charge >= 0.3 is 6.18 Å². The van der Waals surface area contributed by atoms with Gasteiger partial charge in [-0.05, 0) is 31.0 Å². The van der Waals surface area contributed by atoms with Crippen molar-refractivity contribution in [3.63, 3.8) is 0 Å². The van der Waals surface area contributed by atoms with Crippen molar-refractivity contribution in [2.24, 2.45) is 0 Å². The average Bonchev–Trinajstić information content (AvgIpc) is 2.99. The molecule has 130 valence electrons. The van der Waals surface area contributed by atoms with Crippen molar-refractivity contribution in [1.82, 2.24) is 5.32 Å². The van der Waals surface area contributed by atoms with Gasteiger partial charge in [-0.2, -0.15) is 13.2 Å². The summed E-state index contributed by atoms with van der Waals surface area (Å²) in [6.45, 7) is 0. The van der Waals surface area contributed by atoms with E-state index in [0.717, 1.165) is 49.6 Å². The third kappa shape index (κ3) is 3.85. The molecule has 1 aliphatic carbocycles. The van der Waals surface area contributed by atoms with Crippen molar-refractivity contribution in [2.45, 2.75) is 54.5 Å². The van der Waals surface area contributed by atoms with E-state index < -0.39 is 22.9 Å². The smallest absolute Gasteiger partial charge is 0.353 e. The molecule has 1 fully saturated rings. The molecule has 0 saturated heterocycles. The Kier molecular flexibility index (Phi) is 4.76. The third-order valence-electron chi connectivity index (χ3n) is 4.22. The molecule has 2 aliphatic rings. The molecule has 1 aromatic carbocycles. The van der Waals surface area contributed by atoms with E-state index in [1.54, 1.807) is 0 Å². The van der Waals surface area contributed by atoms with Gasteiger partial charge in [-0.15, -0.1) is 11.8 Å². The summed E-state index contributed by atoms with van der Waals surface area (Å²) in [5.74, 6) is -0.627. The number of halogens is 3. The van der Waals surface area contributed by atoms with Crippen LogP contribution in [0, 0.1) is 0 Å². The highest BCUT2D eigenvalue weighted by Crippen LogP contribution is 2.40. The van der Waals surface area contributed by atoms with Crippen LogP contribution in [0.2, 0.25) is 0 Å². The predicted octanol–water partition coefficient (Wildman–Crippen LogP) is 3.57. The standard InChI is InChI=1S/C16H17F3N2O2S/c17-16(18,19)9-5-6-12-11(7-9)21-15(23)13(24-12)8-14(22)20-10-3-1-2-4-10/h5-7,10,13H,1-4,8H2,(H,20,22)(H,21,23)/t13-/m1/s1. The first-order valence-corrected chi connectivity index (χ1v) is 8.69. The Hall–Kier alpha value is -1.70. The van der Waals surface area contributed by atoms with Gasteiger partial charge in [0.25, 0.3) is 0 Å². The van der Waals surface area contributed by atoms with Gasteiger partial charge in [0.2, 0.25) is 11.8 Å². The number of alkyl halides is 3. The number of benzene rings is 1. The highest BCUT2D eigenvalue weighted by atomic mass is 32.2. The van der Waals surface area contributed by atoms with Crippen molar-refractivity contribution in [2.75, 3.05) is 5.32 Å². The molecule has 2 N–H and O–H groups in total. The van der Waals surface area contributed by atoms with Crippen LogP contribution in [0.1, 0.15) is 37.7 Å². The second-order valence-electron chi connectivity index (χ2n) is 6.06. The fourth-order valence-corrected chi connectivity index (χ4v) is 4.08. The first-order chi connectivity index (χ1) is 11.3. The number of hydrogen-bond donors (Lipinski definition) is 2. The van der Waals surface area contributed by atoms with Crippen molar-refractivity contribution in [3.05, 3.63) is 23.8 Å². The number of amides is 2. The van der Waals surface area contributed by atoms with Gasteiger partial charge in [0.1, 0.15) is 0 Å². The zero-order valence-electron chi connectivity index (χ0n) is 12.8. The maximum atomic E-state index is 12.7. The van der Waals surface area contributed by atoms with Gasteiger partial charge in [-0.3, -0.25) is 9.59 Å². The van der Waals surface area contributed by atoms with Crippen molar-refractivity contribution in [3.8, 4) is 0 Å². The summed E-state index contributed by atoms with van der Waals surface area (Å²) >= 11 is 1.13. The van der Waals surface area contributed by atoms with E-state index in [9.17, 15) is 22.8 Å². The third-order valence-corrected chi connectivity index (χ3v) is 5.49. The number of carbonyl (C=O) groups excluding carboxylic acids is 2. The number of hydrogen-bond acceptors (Lipinski definition) is 3. The molecule has 24 heavy (non-hydrogen) atoms. The molecule has 0 bridgehead atoms. The van der Waals surface area contributed by atoms with E-state index in [-0.39, 0.29) is 24.1 Å². The van der Waals surface area contributed by atoms with Crippen molar-refractivity contribution >= 4 is 29.3 Å². The minimum Gasteiger partial charge on any atom is -0.353 e. The lowest BCUT2D eigenvalue weighted by Gasteiger charge is -2.25. The number of anilines is 1. The molecule has 3 rings (SSSR count). The zero-order chi connectivity index (χ0) is 17.3. The van der Waals surface area contributed by atoms with Crippen LogP contribution >= 0.6 is 11.8 Å². The summed E-state index contributed by atoms with van der Waals surface area (Å²) in [6.07, 6.45) is -0.329. The number of carbonyl (C=O) groups is 2. The Morgan fingerprint density at radius 3 is 2.67 bits per heavy atom. The van der Waals surface area contributed by atoms with Crippen LogP contribution in [0.3, 0.4) is 0 Å². The van der Waals surface area contributed by atoms with Gasteiger partial charge in [0.05, 0.1) is 16.5 Å². The van der Waals surface area contributed by atoms with Gasteiger partial charge in [0, 0.05) is 17.4 Å². The Labute approximate surface area is 141 Å². The predicted molar refractivity (Wildman–Crippen MR) is 84.7 cm³/mol. The average molecular weight is 358 g/mol. The topological polar surface area (TPSA) is 58.2 Å². The molecule has 0 radical (unpaired) electrons. The maximum Gasteiger partial charge on any atom is 0.416 e. The second kappa shape index (κ2) is 6.66. The molecule has 0 aromatic heterocycles. The van der Waals surface area contributed by atoms with E-state index in [4.69, 9.17) is 0 Å². The molecule has 4 nitrogen and oxygen atoms in total. The maximum absolute atomic E-state index is 12.7. The summed E-state index contributed by atoms with van der Waals surface area (Å²) in [5.41, 5.74) is -0.660. The molecule has 2 amide bonds. The number of thioether (sulfide) groups is 1. The Morgan fingerprint density at radius 2 is 2.00 bits per heavy atom. The van der Waals surface area contributed by atoms with E-state index in [1.165, 1.54) is 6.07 Å². The lowest BCUT2D eigenvalue weighted by molar-refractivity contribution is -0.137. The Balaban J connectivity index is 1.66. The lowest BCUT2D eigenvalue weighted by Crippen LogP contribution is -2.38. The molecule has 0 unspecified atom stereocenters. The summed E-state index contributed by atoms with van der Waals surface area (Å²) in [7, 11) is 0. The monoisotopic (exact) mass is 358 g/mol. The van der Waals surface area contributed by atoms with Crippen LogP contribution in [-0.4, -0.2) is 23.1 Å². The minimum absolute atomic E-state index is 0.0213. The van der Waals surface area contributed by atoms with Crippen molar-refractivity contribution in [1.29, 1.82) is 0 Å². The number of nitrogens with one attached hydrogen (secondary N) is 2. The van der Waals surface area contributed by atoms with Gasteiger partial charge in [-0.1, -0.05) is 12.8 Å². The molecule has 1 saturated carbocycles. The van der Waals surface area contributed by atoms with Gasteiger partial charge < -0.3 is 10.6 Å². The Morgan fingerprint density at radius 1 is 1.29 bits per heavy atom. The molecule has 1 heterocycles. The van der Waals surface area contributed by atoms with E-state index >= 15 is 0 Å². The number of fused-ring (bicyclic) bond motifs is 1. The van der Waals surface area contributed by atoms with Crippen LogP contribution in [-0.2, 0) is 15.8 Å². The number of rotatable bonds is 3. The molecule has 1 aromatic rings. The van der Waals surface area contributed by atoms with E-state index in [0.29, 0.717) is 4.90 Å². The highest BCUT2D eigenvalue weighted by Gasteiger charge is 2.34. The molecular weight excluding hydrogens is 341 g/mol. The summed E-state index contributed by atoms with van der Waals surface area (Å²) in [6, 6.07) is 3.42. The van der Waals surface area contributed by atoms with Crippen LogP contribution in [0.5, 0.6) is 0 Å². The summed E-state index contributed by atoms with van der Waals surface area (Å²) in [5, 5.41) is 4.77. The van der Waals surface area contributed by atoms with E-state index in [1.807, 2.05) is 0 Å². The van der Waals surface area contributed by atoms with Gasteiger partial charge in [0.15, 0.2) is 0 Å². The van der Waals surface area contributed by atoms with Crippen LogP contribution < -0.4 is 10.6 Å². The fourth-order valence-electron chi connectivity index (χ4n) is 2.99. The normalized spacial score (nSPS) is 21.3. The fraction of sp³-hybridized carbons (Fsp3) is 0.500. The molecule has 1 atom stereocenters. The van der Waals surface area contributed by atoms with Crippen molar-refractivity contribution < 1.29 is 22.8 Å². The summed E-state index contributed by atoms with van der Waals surface area (Å²) < 4.78 is 38.2. The first kappa shape index (κ1) is 17.1. The highest BCUT2D eigenvalue weighted by molar-refractivity contribution is 8.01. The minimum atomic E-state index is -4.46. The van der Waals surface area contributed by atoms with Gasteiger partial charge in [-0.25, -0.2) is 0 Å². The zero-order valence-corrected chi connectivity index (χ0v) is 13.6. The summed E-state index contributed by atoms with van der Waals surface area (Å²) in [4.78, 5) is 24.7. The molecule has 0 spiro atoms. The molecule has 1 aliphatic heterocycles. The first-order valence-electron chi connectivity index (χ1n) is 7.81. The van der Waals surface area contributed by atoms with Crippen LogP contribution in [0.15, 0.2) is 23.1 Å². The molecule has 8 heteroatoms. The van der Waals surface area contributed by atoms with Crippen LogP contribution in [0.25, 0.3) is 0 Å². The largest absolute Gasteiger partial charge is 0.416 e. The second-order valence-corrected chi connectivity index (χ2v) is 7.30. The van der Waals surface area contributed by atoms with E-state index in [2.05, 4.69) is 10.6 Å². The van der Waals surface area contributed by atoms with Crippen LogP contribution in [0.4, 0.5) is 18.9 Å². The quantitative estimate of drug-likeness (QED) is 0.869. The SMILES string of the molecule is O=C(C[C@H]1Sc2ccc(C(F)(F)F)cc2NC1=O)NC1CCCC1.